The van der Waals surface area contributed by atoms with Crippen molar-refractivity contribution in [3.8, 4) is 11.5 Å². The Balaban J connectivity index is 2.35. The molecule has 158 valence electrons. The van der Waals surface area contributed by atoms with Gasteiger partial charge in [0.25, 0.3) is 0 Å². The SMILES string of the molecule is CCOC(=O)COc1ccc([C@@H]2NC(=S)NC(C)=C2C(=O)OCC)cc1OCC. The minimum atomic E-state index is -0.513. The Hall–Kier alpha value is -2.81. The van der Waals surface area contributed by atoms with Crippen LogP contribution >= 0.6 is 12.2 Å². The number of hydrogen-bond acceptors (Lipinski definition) is 7. The predicted molar refractivity (Wildman–Crippen MR) is 111 cm³/mol. The molecule has 1 atom stereocenters. The van der Waals surface area contributed by atoms with Gasteiger partial charge in [0, 0.05) is 5.70 Å². The van der Waals surface area contributed by atoms with Gasteiger partial charge in [-0.25, -0.2) is 9.59 Å². The van der Waals surface area contributed by atoms with Crippen LogP contribution in [0.25, 0.3) is 0 Å². The zero-order valence-corrected chi connectivity index (χ0v) is 17.8. The number of carbonyl (C=O) groups is 2. The summed E-state index contributed by atoms with van der Waals surface area (Å²) in [4.78, 5) is 24.1. The number of esters is 2. The Morgan fingerprint density at radius 2 is 1.76 bits per heavy atom. The van der Waals surface area contributed by atoms with Crippen molar-refractivity contribution in [3.05, 3.63) is 35.0 Å². The third-order valence-electron chi connectivity index (χ3n) is 4.02. The van der Waals surface area contributed by atoms with Crippen molar-refractivity contribution < 1.29 is 28.5 Å². The van der Waals surface area contributed by atoms with Crippen LogP contribution in [0.15, 0.2) is 29.5 Å². The third kappa shape index (κ3) is 5.83. The Bertz CT molecular complexity index is 808. The fraction of sp³-hybridized carbons (Fsp3) is 0.450. The van der Waals surface area contributed by atoms with Crippen molar-refractivity contribution in [1.29, 1.82) is 0 Å². The van der Waals surface area contributed by atoms with Crippen molar-refractivity contribution >= 4 is 29.3 Å². The number of hydrogen-bond donors (Lipinski definition) is 2. The normalized spacial score (nSPS) is 15.9. The van der Waals surface area contributed by atoms with E-state index in [2.05, 4.69) is 10.6 Å². The fourth-order valence-corrected chi connectivity index (χ4v) is 3.13. The summed E-state index contributed by atoms with van der Waals surface area (Å²) in [6, 6.07) is 4.70. The molecule has 0 amide bonds. The first-order valence-corrected chi connectivity index (χ1v) is 9.82. The number of ether oxygens (including phenoxy) is 4. The van der Waals surface area contributed by atoms with Gasteiger partial charge in [-0.05, 0) is 57.6 Å². The summed E-state index contributed by atoms with van der Waals surface area (Å²) in [6.45, 7) is 7.81. The zero-order chi connectivity index (χ0) is 21.4. The molecule has 0 saturated carbocycles. The van der Waals surface area contributed by atoms with E-state index < -0.39 is 18.0 Å². The maximum Gasteiger partial charge on any atom is 0.344 e. The molecule has 1 aromatic carbocycles. The molecular weight excluding hydrogens is 396 g/mol. The molecule has 0 unspecified atom stereocenters. The van der Waals surface area contributed by atoms with Crippen molar-refractivity contribution in [3.63, 3.8) is 0 Å². The van der Waals surface area contributed by atoms with Crippen LogP contribution in [0, 0.1) is 0 Å². The smallest absolute Gasteiger partial charge is 0.344 e. The second-order valence-corrected chi connectivity index (χ2v) is 6.43. The highest BCUT2D eigenvalue weighted by atomic mass is 32.1. The molecule has 0 aliphatic carbocycles. The standard InChI is InChI=1S/C20H26N2O6S/c1-5-25-15-10-13(8-9-14(15)28-11-16(23)26-6-2)18-17(19(24)27-7-3)12(4)21-20(29)22-18/h8-10,18H,5-7,11H2,1-4H3,(H2,21,22,29)/t18-/m0/s1. The van der Waals surface area contributed by atoms with E-state index in [-0.39, 0.29) is 19.8 Å². The van der Waals surface area contributed by atoms with E-state index in [1.807, 2.05) is 6.92 Å². The predicted octanol–water partition coefficient (Wildman–Crippen LogP) is 2.38. The average molecular weight is 423 g/mol. The highest BCUT2D eigenvalue weighted by Crippen LogP contribution is 2.34. The van der Waals surface area contributed by atoms with Crippen LogP contribution in [0.4, 0.5) is 0 Å². The molecule has 2 N–H and O–H groups in total. The van der Waals surface area contributed by atoms with Gasteiger partial charge in [0.2, 0.25) is 0 Å². The van der Waals surface area contributed by atoms with Crippen molar-refractivity contribution in [2.24, 2.45) is 0 Å². The number of nitrogens with one attached hydrogen (secondary N) is 2. The van der Waals surface area contributed by atoms with E-state index in [4.69, 9.17) is 31.2 Å². The lowest BCUT2D eigenvalue weighted by atomic mass is 9.95. The lowest BCUT2D eigenvalue weighted by Crippen LogP contribution is -2.45. The van der Waals surface area contributed by atoms with E-state index in [0.717, 1.165) is 5.56 Å². The van der Waals surface area contributed by atoms with Gasteiger partial charge in [-0.15, -0.1) is 0 Å². The Morgan fingerprint density at radius 1 is 1.03 bits per heavy atom. The van der Waals surface area contributed by atoms with Gasteiger partial charge in [0.15, 0.2) is 23.2 Å². The molecule has 8 nitrogen and oxygen atoms in total. The van der Waals surface area contributed by atoms with Crippen molar-refractivity contribution in [2.45, 2.75) is 33.7 Å². The molecule has 0 fully saturated rings. The summed E-state index contributed by atoms with van der Waals surface area (Å²) in [5, 5.41) is 6.46. The molecule has 0 bridgehead atoms. The van der Waals surface area contributed by atoms with Crippen molar-refractivity contribution in [1.82, 2.24) is 10.6 Å². The van der Waals surface area contributed by atoms with Crippen molar-refractivity contribution in [2.75, 3.05) is 26.4 Å². The molecule has 0 saturated heterocycles. The highest BCUT2D eigenvalue weighted by molar-refractivity contribution is 7.80. The molecule has 29 heavy (non-hydrogen) atoms. The van der Waals surface area contributed by atoms with Gasteiger partial charge in [-0.3, -0.25) is 0 Å². The monoisotopic (exact) mass is 422 g/mol. The molecule has 1 aliphatic heterocycles. The number of rotatable bonds is 9. The van der Waals surface area contributed by atoms with E-state index in [1.54, 1.807) is 39.0 Å². The molecule has 1 aliphatic rings. The van der Waals surface area contributed by atoms with Crippen LogP contribution < -0.4 is 20.1 Å². The topological polar surface area (TPSA) is 95.1 Å². The van der Waals surface area contributed by atoms with E-state index in [9.17, 15) is 9.59 Å². The van der Waals surface area contributed by atoms with Crippen LogP contribution in [0.1, 0.15) is 39.3 Å². The highest BCUT2D eigenvalue weighted by Gasteiger charge is 2.31. The number of benzene rings is 1. The van der Waals surface area contributed by atoms with Gasteiger partial charge in [0.05, 0.1) is 31.4 Å². The van der Waals surface area contributed by atoms with E-state index in [1.165, 1.54) is 0 Å². The Kier molecular flexibility index (Phi) is 8.26. The minimum absolute atomic E-state index is 0.226. The van der Waals surface area contributed by atoms with Gasteiger partial charge in [0.1, 0.15) is 0 Å². The van der Waals surface area contributed by atoms with Crippen LogP contribution in [0.5, 0.6) is 11.5 Å². The molecule has 0 aromatic heterocycles. The molecule has 9 heteroatoms. The summed E-state index contributed by atoms with van der Waals surface area (Å²) in [6.07, 6.45) is 0. The second-order valence-electron chi connectivity index (χ2n) is 6.02. The Labute approximate surface area is 175 Å². The molecule has 1 aromatic rings. The average Bonchev–Trinajstić information content (AvgIpc) is 2.67. The van der Waals surface area contributed by atoms with Crippen LogP contribution in [0.2, 0.25) is 0 Å². The first kappa shape index (κ1) is 22.5. The summed E-state index contributed by atoms with van der Waals surface area (Å²) in [5.41, 5.74) is 1.80. The lowest BCUT2D eigenvalue weighted by Gasteiger charge is -2.30. The maximum atomic E-state index is 12.5. The van der Waals surface area contributed by atoms with Crippen LogP contribution in [-0.4, -0.2) is 43.5 Å². The molecular formula is C20H26N2O6S. The molecule has 0 radical (unpaired) electrons. The number of allylic oxidation sites excluding steroid dienone is 1. The van der Waals surface area contributed by atoms with E-state index in [0.29, 0.717) is 34.5 Å². The van der Waals surface area contributed by atoms with Gasteiger partial charge in [-0.2, -0.15) is 0 Å². The molecule has 0 spiro atoms. The fourth-order valence-electron chi connectivity index (χ4n) is 2.85. The van der Waals surface area contributed by atoms with Crippen LogP contribution in [-0.2, 0) is 19.1 Å². The lowest BCUT2D eigenvalue weighted by molar-refractivity contribution is -0.145. The second kappa shape index (κ2) is 10.7. The molecule has 1 heterocycles. The third-order valence-corrected chi connectivity index (χ3v) is 4.24. The first-order valence-electron chi connectivity index (χ1n) is 9.41. The largest absolute Gasteiger partial charge is 0.490 e. The number of carbonyl (C=O) groups excluding carboxylic acids is 2. The first-order chi connectivity index (χ1) is 13.9. The quantitative estimate of drug-likeness (QED) is 0.459. The maximum absolute atomic E-state index is 12.5. The van der Waals surface area contributed by atoms with Gasteiger partial charge >= 0.3 is 11.9 Å². The van der Waals surface area contributed by atoms with Crippen LogP contribution in [0.3, 0.4) is 0 Å². The number of thiocarbonyl (C=S) groups is 1. The Morgan fingerprint density at radius 3 is 2.41 bits per heavy atom. The summed E-state index contributed by atoms with van der Waals surface area (Å²) >= 11 is 5.25. The minimum Gasteiger partial charge on any atom is -0.490 e. The zero-order valence-electron chi connectivity index (χ0n) is 17.0. The summed E-state index contributed by atoms with van der Waals surface area (Å²) < 4.78 is 21.3. The molecule has 2 rings (SSSR count). The van der Waals surface area contributed by atoms with E-state index >= 15 is 0 Å². The summed E-state index contributed by atoms with van der Waals surface area (Å²) in [5.74, 6) is -0.0504. The van der Waals surface area contributed by atoms with Gasteiger partial charge in [-0.1, -0.05) is 6.07 Å². The summed E-state index contributed by atoms with van der Waals surface area (Å²) in [7, 11) is 0. The van der Waals surface area contributed by atoms with Gasteiger partial charge < -0.3 is 29.6 Å².